The Hall–Kier alpha value is -3.55. The first-order valence-electron chi connectivity index (χ1n) is 9.34. The van der Waals surface area contributed by atoms with E-state index in [1.54, 1.807) is 35.6 Å². The molecule has 3 aromatic heterocycles. The largest absolute Gasteiger partial charge is 0.343 e. The fraction of sp³-hybridized carbons (Fsp3) is 0.238. The van der Waals surface area contributed by atoms with Crippen LogP contribution in [0.5, 0.6) is 0 Å². The number of carbonyl (C=O) groups is 1. The van der Waals surface area contributed by atoms with E-state index in [2.05, 4.69) is 33.8 Å². The van der Waals surface area contributed by atoms with Crippen molar-refractivity contribution in [2.75, 3.05) is 6.54 Å². The van der Waals surface area contributed by atoms with Gasteiger partial charge in [0.1, 0.15) is 17.3 Å². The topological polar surface area (TPSA) is 79.7 Å². The second-order valence-electron chi connectivity index (χ2n) is 7.93. The summed E-state index contributed by atoms with van der Waals surface area (Å²) in [5, 5.41) is 0. The summed E-state index contributed by atoms with van der Waals surface area (Å²) in [5.74, 6) is 0.283. The Morgan fingerprint density at radius 2 is 1.97 bits per heavy atom. The molecular weight excluding hydrogens is 371 g/mol. The number of carbonyl (C=O) groups excluding carboxylic acids is 1. The number of aromatic nitrogens is 5. The predicted molar refractivity (Wildman–Crippen MR) is 105 cm³/mol. The van der Waals surface area contributed by atoms with E-state index < -0.39 is 0 Å². The summed E-state index contributed by atoms with van der Waals surface area (Å²) >= 11 is 0. The van der Waals surface area contributed by atoms with E-state index in [1.807, 2.05) is 16.8 Å². The Kier molecular flexibility index (Phi) is 3.77. The van der Waals surface area contributed by atoms with E-state index in [1.165, 1.54) is 12.1 Å². The normalized spacial score (nSPS) is 18.0. The third kappa shape index (κ3) is 2.79. The minimum atomic E-state index is -0.295. The number of hydrogen-bond acceptors (Lipinski definition) is 4. The number of pyridine rings is 1. The summed E-state index contributed by atoms with van der Waals surface area (Å²) in [6, 6.07) is 9.51. The lowest BCUT2D eigenvalue weighted by molar-refractivity contribution is -0.0373. The number of rotatable bonds is 3. The highest BCUT2D eigenvalue weighted by atomic mass is 19.1. The number of likely N-dealkylation sites (tertiary alicyclic amines) is 1. The molecule has 1 N–H and O–H groups in total. The van der Waals surface area contributed by atoms with Crippen molar-refractivity contribution in [3.05, 3.63) is 72.5 Å². The number of fused-ring (bicyclic) bond motifs is 1. The summed E-state index contributed by atoms with van der Waals surface area (Å²) in [6.07, 6.45) is 5.08. The molecule has 1 amide bonds. The van der Waals surface area contributed by atoms with Gasteiger partial charge in [-0.05, 0) is 36.4 Å². The molecule has 0 bridgehead atoms. The standard InChI is InChI=1S/C21H19FN6O/c1-21(2)11-28(20(29)16-8-7-15-18(26-16)25-12-24-15)17(21)19-23-9-10-27(19)14-5-3-13(22)4-6-14/h3-10,12,17H,11H2,1-2H3,(H,24,25,26). The van der Waals surface area contributed by atoms with Gasteiger partial charge in [-0.15, -0.1) is 0 Å². The van der Waals surface area contributed by atoms with Crippen LogP contribution in [-0.2, 0) is 0 Å². The molecular formula is C21H19FN6O. The molecule has 1 atom stereocenters. The molecule has 0 radical (unpaired) electrons. The van der Waals surface area contributed by atoms with Crippen LogP contribution >= 0.6 is 0 Å². The Balaban J connectivity index is 1.51. The molecule has 1 unspecified atom stereocenters. The van der Waals surface area contributed by atoms with Crippen LogP contribution in [0.3, 0.4) is 0 Å². The van der Waals surface area contributed by atoms with Gasteiger partial charge in [0, 0.05) is 30.0 Å². The average molecular weight is 390 g/mol. The Bertz CT molecular complexity index is 1210. The number of imidazole rings is 2. The van der Waals surface area contributed by atoms with Crippen LogP contribution in [0.1, 0.15) is 36.2 Å². The van der Waals surface area contributed by atoms with E-state index in [4.69, 9.17) is 0 Å². The number of amides is 1. The van der Waals surface area contributed by atoms with Crippen molar-refractivity contribution in [2.45, 2.75) is 19.9 Å². The molecule has 5 rings (SSSR count). The SMILES string of the molecule is CC1(C)CN(C(=O)c2ccc3[nH]cnc3n2)C1c1nccn1-c1ccc(F)cc1. The van der Waals surface area contributed by atoms with Gasteiger partial charge in [-0.25, -0.2) is 19.3 Å². The van der Waals surface area contributed by atoms with Gasteiger partial charge in [0.05, 0.1) is 17.9 Å². The first-order chi connectivity index (χ1) is 13.9. The van der Waals surface area contributed by atoms with Crippen molar-refractivity contribution in [1.29, 1.82) is 0 Å². The highest BCUT2D eigenvalue weighted by Gasteiger charge is 2.51. The molecule has 1 aliphatic rings. The fourth-order valence-electron chi connectivity index (χ4n) is 4.03. The molecule has 1 aromatic carbocycles. The van der Waals surface area contributed by atoms with Crippen molar-refractivity contribution < 1.29 is 9.18 Å². The van der Waals surface area contributed by atoms with Gasteiger partial charge in [-0.2, -0.15) is 0 Å². The van der Waals surface area contributed by atoms with E-state index in [9.17, 15) is 9.18 Å². The van der Waals surface area contributed by atoms with Crippen LogP contribution in [0.4, 0.5) is 4.39 Å². The fourth-order valence-corrected chi connectivity index (χ4v) is 4.03. The number of hydrogen-bond donors (Lipinski definition) is 1. The second-order valence-corrected chi connectivity index (χ2v) is 7.93. The summed E-state index contributed by atoms with van der Waals surface area (Å²) in [7, 11) is 0. The third-order valence-electron chi connectivity index (χ3n) is 5.41. The van der Waals surface area contributed by atoms with Gasteiger partial charge in [-0.3, -0.25) is 4.79 Å². The molecule has 1 aliphatic heterocycles. The van der Waals surface area contributed by atoms with E-state index in [0.717, 1.165) is 17.0 Å². The Labute approximate surface area is 166 Å². The quantitative estimate of drug-likeness (QED) is 0.581. The van der Waals surface area contributed by atoms with Gasteiger partial charge in [0.2, 0.25) is 0 Å². The first kappa shape index (κ1) is 17.5. The highest BCUT2D eigenvalue weighted by molar-refractivity contribution is 5.95. The minimum Gasteiger partial charge on any atom is -0.343 e. The summed E-state index contributed by atoms with van der Waals surface area (Å²) in [5.41, 5.74) is 2.29. The van der Waals surface area contributed by atoms with Crippen molar-refractivity contribution in [3.8, 4) is 5.69 Å². The Morgan fingerprint density at radius 1 is 1.17 bits per heavy atom. The molecule has 4 heterocycles. The summed E-state index contributed by atoms with van der Waals surface area (Å²) in [6.45, 7) is 4.80. The number of benzene rings is 1. The van der Waals surface area contributed by atoms with Crippen molar-refractivity contribution in [3.63, 3.8) is 0 Å². The zero-order valence-electron chi connectivity index (χ0n) is 16.0. The van der Waals surface area contributed by atoms with Crippen LogP contribution in [0, 0.1) is 11.2 Å². The number of nitrogens with one attached hydrogen (secondary N) is 1. The van der Waals surface area contributed by atoms with Crippen molar-refractivity contribution in [2.24, 2.45) is 5.41 Å². The van der Waals surface area contributed by atoms with E-state index >= 15 is 0 Å². The van der Waals surface area contributed by atoms with Gasteiger partial charge >= 0.3 is 0 Å². The van der Waals surface area contributed by atoms with Gasteiger partial charge in [0.15, 0.2) is 5.65 Å². The minimum absolute atomic E-state index is 0.158. The maximum absolute atomic E-state index is 13.3. The molecule has 146 valence electrons. The molecule has 0 aliphatic carbocycles. The maximum atomic E-state index is 13.3. The molecule has 1 fully saturated rings. The number of halogens is 1. The molecule has 8 heteroatoms. The number of nitrogens with zero attached hydrogens (tertiary/aromatic N) is 5. The highest BCUT2D eigenvalue weighted by Crippen LogP contribution is 2.48. The van der Waals surface area contributed by atoms with E-state index in [-0.39, 0.29) is 23.2 Å². The zero-order valence-corrected chi connectivity index (χ0v) is 16.0. The summed E-state index contributed by atoms with van der Waals surface area (Å²) < 4.78 is 15.2. The first-order valence-corrected chi connectivity index (χ1v) is 9.34. The van der Waals surface area contributed by atoms with Crippen LogP contribution in [0.15, 0.2) is 55.1 Å². The third-order valence-corrected chi connectivity index (χ3v) is 5.41. The van der Waals surface area contributed by atoms with Crippen LogP contribution in [0.2, 0.25) is 0 Å². The predicted octanol–water partition coefficient (Wildman–Crippen LogP) is 3.51. The average Bonchev–Trinajstić information content (AvgIpc) is 3.35. The smallest absolute Gasteiger partial charge is 0.273 e. The summed E-state index contributed by atoms with van der Waals surface area (Å²) in [4.78, 5) is 31.0. The van der Waals surface area contributed by atoms with Gasteiger partial charge in [-0.1, -0.05) is 13.8 Å². The molecule has 4 aromatic rings. The van der Waals surface area contributed by atoms with Crippen LogP contribution in [-0.4, -0.2) is 41.9 Å². The lowest BCUT2D eigenvalue weighted by Gasteiger charge is -2.53. The lowest BCUT2D eigenvalue weighted by Crippen LogP contribution is -2.58. The second kappa shape index (κ2) is 6.23. The molecule has 29 heavy (non-hydrogen) atoms. The monoisotopic (exact) mass is 390 g/mol. The molecule has 1 saturated heterocycles. The molecule has 0 spiro atoms. The number of aromatic amines is 1. The molecule has 7 nitrogen and oxygen atoms in total. The van der Waals surface area contributed by atoms with Crippen molar-refractivity contribution in [1.82, 2.24) is 29.4 Å². The number of H-pyrrole nitrogens is 1. The van der Waals surface area contributed by atoms with Gasteiger partial charge < -0.3 is 14.5 Å². The Morgan fingerprint density at radius 3 is 2.72 bits per heavy atom. The van der Waals surface area contributed by atoms with E-state index in [0.29, 0.717) is 17.9 Å². The maximum Gasteiger partial charge on any atom is 0.273 e. The van der Waals surface area contributed by atoms with Crippen LogP contribution in [0.25, 0.3) is 16.9 Å². The lowest BCUT2D eigenvalue weighted by atomic mass is 9.74. The van der Waals surface area contributed by atoms with Crippen molar-refractivity contribution >= 4 is 17.1 Å². The van der Waals surface area contributed by atoms with Gasteiger partial charge in [0.25, 0.3) is 5.91 Å². The zero-order chi connectivity index (χ0) is 20.2. The van der Waals surface area contributed by atoms with Crippen LogP contribution < -0.4 is 0 Å². The molecule has 0 saturated carbocycles.